The van der Waals surface area contributed by atoms with Gasteiger partial charge < -0.3 is 20.1 Å². The number of halogens is 1. The summed E-state index contributed by atoms with van der Waals surface area (Å²) < 4.78 is 19.7. The van der Waals surface area contributed by atoms with E-state index in [1.54, 1.807) is 0 Å². The fourth-order valence-corrected chi connectivity index (χ4v) is 9.69. The van der Waals surface area contributed by atoms with Crippen LogP contribution in [0, 0.1) is 52.2 Å². The normalized spacial score (nSPS) is 43.0. The summed E-state index contributed by atoms with van der Waals surface area (Å²) in [6.07, 6.45) is 10.9. The molecule has 4 aliphatic carbocycles. The van der Waals surface area contributed by atoms with Gasteiger partial charge in [-0.05, 0) is 110 Å². The first-order chi connectivity index (χ1) is 17.6. The standard InChI is InChI=1S/C30H44FNO5/c1-4-20-23-15-19(33)9-11-30(23,3)22-10-12-29(2)18(7-8-21(29)25(22)26(20)34)6-5-13-37-27-24(31)14-17(16-32-27)28(35)36/h14,16,18-23,25-26,33-34H,4-13,15H2,1-3H3,(H,35,36)/t18-,19+,20+,21-,22-,23-,25-,26+,29+,30+/m0/s1. The number of carboxylic acid groups (broad SMARTS) is 1. The van der Waals surface area contributed by atoms with E-state index in [-0.39, 0.29) is 40.4 Å². The van der Waals surface area contributed by atoms with Crippen molar-refractivity contribution in [3.05, 3.63) is 23.6 Å². The molecule has 0 aromatic carbocycles. The van der Waals surface area contributed by atoms with E-state index in [0.29, 0.717) is 36.2 Å². The average Bonchev–Trinajstić information content (AvgIpc) is 3.20. The van der Waals surface area contributed by atoms with Crippen LogP contribution in [0.4, 0.5) is 4.39 Å². The summed E-state index contributed by atoms with van der Waals surface area (Å²) in [5, 5.41) is 31.2. The van der Waals surface area contributed by atoms with E-state index in [9.17, 15) is 19.4 Å². The number of rotatable bonds is 7. The van der Waals surface area contributed by atoms with Gasteiger partial charge in [0.25, 0.3) is 0 Å². The Morgan fingerprint density at radius 2 is 1.84 bits per heavy atom. The molecular formula is C30H44FNO5. The third-order valence-corrected chi connectivity index (χ3v) is 11.6. The number of fused-ring (bicyclic) bond motifs is 5. The molecule has 3 N–H and O–H groups in total. The Morgan fingerprint density at radius 3 is 2.54 bits per heavy atom. The third kappa shape index (κ3) is 4.48. The molecule has 4 fully saturated rings. The van der Waals surface area contributed by atoms with Crippen LogP contribution in [0.1, 0.15) is 95.3 Å². The number of aliphatic hydroxyl groups is 2. The zero-order valence-corrected chi connectivity index (χ0v) is 22.5. The molecule has 1 aromatic heterocycles. The van der Waals surface area contributed by atoms with Crippen LogP contribution in [0.2, 0.25) is 0 Å². The van der Waals surface area contributed by atoms with Crippen LogP contribution < -0.4 is 4.74 Å². The molecular weight excluding hydrogens is 473 g/mol. The van der Waals surface area contributed by atoms with Gasteiger partial charge in [-0.25, -0.2) is 14.2 Å². The Balaban J connectivity index is 1.25. The highest BCUT2D eigenvalue weighted by Crippen LogP contribution is 2.69. The molecule has 0 radical (unpaired) electrons. The van der Waals surface area contributed by atoms with E-state index in [4.69, 9.17) is 9.84 Å². The van der Waals surface area contributed by atoms with Gasteiger partial charge in [0.15, 0.2) is 5.82 Å². The second kappa shape index (κ2) is 10.1. The van der Waals surface area contributed by atoms with Gasteiger partial charge in [-0.15, -0.1) is 0 Å². The monoisotopic (exact) mass is 517 g/mol. The summed E-state index contributed by atoms with van der Waals surface area (Å²) >= 11 is 0. The number of hydrogen-bond donors (Lipinski definition) is 3. The maximum Gasteiger partial charge on any atom is 0.337 e. The van der Waals surface area contributed by atoms with Crippen molar-refractivity contribution in [2.45, 2.75) is 97.2 Å². The van der Waals surface area contributed by atoms with E-state index in [1.807, 2.05) is 0 Å². The summed E-state index contributed by atoms with van der Waals surface area (Å²) in [6, 6.07) is 0.947. The van der Waals surface area contributed by atoms with Crippen LogP contribution in [0.25, 0.3) is 0 Å². The zero-order chi connectivity index (χ0) is 26.5. The molecule has 0 unspecified atom stereocenters. The maximum atomic E-state index is 14.2. The number of carbonyl (C=O) groups is 1. The molecule has 4 aliphatic rings. The van der Waals surface area contributed by atoms with Gasteiger partial charge in [0, 0.05) is 6.20 Å². The topological polar surface area (TPSA) is 99.9 Å². The number of aliphatic hydroxyl groups excluding tert-OH is 2. The van der Waals surface area contributed by atoms with Crippen LogP contribution in [-0.4, -0.2) is 45.1 Å². The second-order valence-corrected chi connectivity index (χ2v) is 13.0. The van der Waals surface area contributed by atoms with Crippen molar-refractivity contribution >= 4 is 5.97 Å². The highest BCUT2D eigenvalue weighted by atomic mass is 19.1. The lowest BCUT2D eigenvalue weighted by atomic mass is 9.41. The lowest BCUT2D eigenvalue weighted by Gasteiger charge is -2.64. The average molecular weight is 518 g/mol. The van der Waals surface area contributed by atoms with Crippen molar-refractivity contribution in [2.75, 3.05) is 6.61 Å². The van der Waals surface area contributed by atoms with Crippen molar-refractivity contribution in [1.29, 1.82) is 0 Å². The highest BCUT2D eigenvalue weighted by molar-refractivity contribution is 5.87. The minimum atomic E-state index is -1.21. The Kier molecular flexibility index (Phi) is 7.34. The van der Waals surface area contributed by atoms with Gasteiger partial charge in [0.1, 0.15) is 0 Å². The van der Waals surface area contributed by atoms with Crippen molar-refractivity contribution in [3.8, 4) is 5.88 Å². The van der Waals surface area contributed by atoms with E-state index >= 15 is 0 Å². The minimum absolute atomic E-state index is 0.141. The third-order valence-electron chi connectivity index (χ3n) is 11.6. The quantitative estimate of drug-likeness (QED) is 0.401. The van der Waals surface area contributed by atoms with Crippen LogP contribution >= 0.6 is 0 Å². The molecule has 5 rings (SSSR count). The van der Waals surface area contributed by atoms with Crippen molar-refractivity contribution < 1.29 is 29.2 Å². The zero-order valence-electron chi connectivity index (χ0n) is 22.5. The Hall–Kier alpha value is -1.73. The SMILES string of the molecule is CC[C@H]1[C@@H](O)[C@@H]2[C@H](CC[C@]3(C)[C@@H](CCCOc4ncc(C(=O)O)cc4F)CC[C@@H]23)[C@@]2(C)CC[C@@H](O)C[C@@H]12. The van der Waals surface area contributed by atoms with Crippen molar-refractivity contribution in [1.82, 2.24) is 4.98 Å². The summed E-state index contributed by atoms with van der Waals surface area (Å²) in [5.41, 5.74) is 0.222. The molecule has 0 bridgehead atoms. The first-order valence-corrected chi connectivity index (χ1v) is 14.5. The summed E-state index contributed by atoms with van der Waals surface area (Å²) in [6.45, 7) is 7.48. The van der Waals surface area contributed by atoms with Crippen LogP contribution in [0.5, 0.6) is 5.88 Å². The number of aromatic carboxylic acids is 1. The van der Waals surface area contributed by atoms with Gasteiger partial charge in [0.05, 0.1) is 24.4 Å². The predicted octanol–water partition coefficient (Wildman–Crippen LogP) is 5.70. The van der Waals surface area contributed by atoms with E-state index in [0.717, 1.165) is 70.1 Å². The number of hydrogen-bond acceptors (Lipinski definition) is 5. The number of ether oxygens (including phenoxy) is 1. The molecule has 10 atom stereocenters. The number of aromatic nitrogens is 1. The van der Waals surface area contributed by atoms with E-state index in [1.165, 1.54) is 6.42 Å². The summed E-state index contributed by atoms with van der Waals surface area (Å²) in [7, 11) is 0. The fraction of sp³-hybridized carbons (Fsp3) is 0.800. The molecule has 37 heavy (non-hydrogen) atoms. The van der Waals surface area contributed by atoms with Gasteiger partial charge in [-0.1, -0.05) is 27.2 Å². The smallest absolute Gasteiger partial charge is 0.337 e. The number of carboxylic acids is 1. The first kappa shape index (κ1) is 26.9. The van der Waals surface area contributed by atoms with Crippen molar-refractivity contribution in [2.24, 2.45) is 46.3 Å². The second-order valence-electron chi connectivity index (χ2n) is 13.0. The van der Waals surface area contributed by atoms with Gasteiger partial charge in [0.2, 0.25) is 5.88 Å². The number of pyridine rings is 1. The van der Waals surface area contributed by atoms with E-state index < -0.39 is 11.8 Å². The minimum Gasteiger partial charge on any atom is -0.478 e. The highest BCUT2D eigenvalue weighted by Gasteiger charge is 2.64. The molecule has 0 saturated heterocycles. The largest absolute Gasteiger partial charge is 0.478 e. The molecule has 206 valence electrons. The molecule has 4 saturated carbocycles. The molecule has 1 aromatic rings. The van der Waals surface area contributed by atoms with Crippen LogP contribution in [-0.2, 0) is 0 Å². The molecule has 6 nitrogen and oxygen atoms in total. The van der Waals surface area contributed by atoms with Crippen LogP contribution in [0.3, 0.4) is 0 Å². The Morgan fingerprint density at radius 1 is 1.11 bits per heavy atom. The van der Waals surface area contributed by atoms with Gasteiger partial charge in [-0.3, -0.25) is 0 Å². The maximum absolute atomic E-state index is 14.2. The van der Waals surface area contributed by atoms with Gasteiger partial charge >= 0.3 is 5.97 Å². The Bertz CT molecular complexity index is 1000. The first-order valence-electron chi connectivity index (χ1n) is 14.5. The molecule has 0 aliphatic heterocycles. The molecule has 0 amide bonds. The molecule has 0 spiro atoms. The summed E-state index contributed by atoms with van der Waals surface area (Å²) in [4.78, 5) is 14.8. The molecule has 1 heterocycles. The lowest BCUT2D eigenvalue weighted by molar-refractivity contribution is -0.202. The predicted molar refractivity (Wildman–Crippen MR) is 138 cm³/mol. The van der Waals surface area contributed by atoms with Crippen molar-refractivity contribution in [3.63, 3.8) is 0 Å². The van der Waals surface area contributed by atoms with Crippen LogP contribution in [0.15, 0.2) is 12.3 Å². The van der Waals surface area contributed by atoms with E-state index in [2.05, 4.69) is 25.8 Å². The number of nitrogens with zero attached hydrogens (tertiary/aromatic N) is 1. The van der Waals surface area contributed by atoms with Gasteiger partial charge in [-0.2, -0.15) is 0 Å². The molecule has 7 heteroatoms. The lowest BCUT2D eigenvalue weighted by Crippen LogP contribution is -2.62. The Labute approximate surface area is 220 Å². The fourth-order valence-electron chi connectivity index (χ4n) is 9.69. The summed E-state index contributed by atoms with van der Waals surface area (Å²) in [5.74, 6) is 0.533.